The highest BCUT2D eigenvalue weighted by Crippen LogP contribution is 2.49. The molecule has 1 aliphatic heterocycles. The molecule has 0 amide bonds. The minimum atomic E-state index is -0.907. The van der Waals surface area contributed by atoms with Crippen LogP contribution in [-0.2, 0) is 20.8 Å². The van der Waals surface area contributed by atoms with E-state index >= 15 is 0 Å². The van der Waals surface area contributed by atoms with Crippen molar-refractivity contribution in [2.75, 3.05) is 7.11 Å². The van der Waals surface area contributed by atoms with E-state index in [1.165, 1.54) is 30.5 Å². The summed E-state index contributed by atoms with van der Waals surface area (Å²) in [4.78, 5) is 25.5. The third-order valence-electron chi connectivity index (χ3n) is 8.09. The number of rotatable bonds is 4. The molecule has 37 heavy (non-hydrogen) atoms. The van der Waals surface area contributed by atoms with Gasteiger partial charge in [0.15, 0.2) is 0 Å². The topological polar surface area (TPSA) is 77.8 Å². The summed E-state index contributed by atoms with van der Waals surface area (Å²) >= 11 is 0. The largest absolute Gasteiger partial charge is 0.497 e. The van der Waals surface area contributed by atoms with Crippen LogP contribution in [-0.4, -0.2) is 34.3 Å². The third kappa shape index (κ3) is 4.62. The molecule has 6 heteroatoms. The number of carbonyl (C=O) groups excluding carboxylic acids is 1. The van der Waals surface area contributed by atoms with E-state index < -0.39 is 11.6 Å². The van der Waals surface area contributed by atoms with Gasteiger partial charge in [-0.2, -0.15) is 0 Å². The van der Waals surface area contributed by atoms with Gasteiger partial charge < -0.3 is 19.1 Å². The third-order valence-corrected chi connectivity index (χ3v) is 8.09. The van der Waals surface area contributed by atoms with Gasteiger partial charge in [-0.3, -0.25) is 0 Å². The van der Waals surface area contributed by atoms with E-state index in [0.717, 1.165) is 35.1 Å². The highest BCUT2D eigenvalue weighted by Gasteiger charge is 2.38. The summed E-state index contributed by atoms with van der Waals surface area (Å²) in [5.41, 5.74) is 4.53. The minimum Gasteiger partial charge on any atom is -0.497 e. The van der Waals surface area contributed by atoms with E-state index in [1.807, 2.05) is 45.9 Å². The fourth-order valence-corrected chi connectivity index (χ4v) is 6.38. The lowest BCUT2D eigenvalue weighted by Gasteiger charge is -2.30. The molecule has 196 valence electrons. The van der Waals surface area contributed by atoms with E-state index in [4.69, 9.17) is 9.47 Å². The molecule has 2 aromatic rings. The maximum absolute atomic E-state index is 13.0. The first-order valence-electron chi connectivity index (χ1n) is 13.4. The fraction of sp³-hybridized carbons (Fsp3) is 0.484. The van der Waals surface area contributed by atoms with Crippen LogP contribution in [0.15, 0.2) is 53.3 Å². The standard InChI is InChI=1S/C31H37NO5/c1-18-24-16-21(36-5)12-14-22(24)28-27(19-9-7-6-8-10-19)23-13-11-20(30(35)37-31(2,3)4)15-26(23)32(28)17-25(18)29(33)34/h11-16,19,22,24H,6-10,17H2,1-5H3,(H,33,34). The highest BCUT2D eigenvalue weighted by molar-refractivity contribution is 5.97. The lowest BCUT2D eigenvalue weighted by molar-refractivity contribution is -0.133. The SMILES string of the molecule is COC1=CC2C(C)=C(C(=O)O)Cn3c(c(C4CCCCC4)c4ccc(C(=O)OC(C)(C)C)cc43)C2C=C1. The number of methoxy groups -OCH3 is 1. The Bertz CT molecular complexity index is 1340. The first-order valence-corrected chi connectivity index (χ1v) is 13.4. The molecule has 1 aromatic heterocycles. The van der Waals surface area contributed by atoms with E-state index in [1.54, 1.807) is 7.11 Å². The van der Waals surface area contributed by atoms with Crippen molar-refractivity contribution in [1.82, 2.24) is 4.57 Å². The van der Waals surface area contributed by atoms with Gasteiger partial charge in [-0.15, -0.1) is 0 Å². The normalized spacial score (nSPS) is 22.2. The van der Waals surface area contributed by atoms with Crippen LogP contribution in [0.5, 0.6) is 0 Å². The van der Waals surface area contributed by atoms with Crippen molar-refractivity contribution >= 4 is 22.8 Å². The van der Waals surface area contributed by atoms with Crippen LogP contribution in [0.2, 0.25) is 0 Å². The average Bonchev–Trinajstić information content (AvgIpc) is 3.12. The number of ether oxygens (including phenoxy) is 2. The van der Waals surface area contributed by atoms with Crippen LogP contribution in [0.1, 0.15) is 93.3 Å². The number of carboxylic acid groups (broad SMARTS) is 1. The van der Waals surface area contributed by atoms with Crippen molar-refractivity contribution in [3.8, 4) is 0 Å². The number of carbonyl (C=O) groups is 2. The molecule has 2 aliphatic carbocycles. The molecule has 0 spiro atoms. The number of aliphatic carboxylic acids is 1. The van der Waals surface area contributed by atoms with Crippen LogP contribution >= 0.6 is 0 Å². The number of nitrogens with zero attached hydrogens (tertiary/aromatic N) is 1. The molecule has 5 rings (SSSR count). The molecular weight excluding hydrogens is 466 g/mol. The zero-order valence-electron chi connectivity index (χ0n) is 22.5. The van der Waals surface area contributed by atoms with Gasteiger partial charge in [-0.1, -0.05) is 37.0 Å². The molecule has 1 N–H and O–H groups in total. The average molecular weight is 504 g/mol. The second-order valence-corrected chi connectivity index (χ2v) is 11.6. The van der Waals surface area contributed by atoms with Crippen LogP contribution in [0.3, 0.4) is 0 Å². The van der Waals surface area contributed by atoms with Crippen LogP contribution in [0.4, 0.5) is 0 Å². The Labute approximate surface area is 218 Å². The van der Waals surface area contributed by atoms with Gasteiger partial charge in [0.1, 0.15) is 11.4 Å². The van der Waals surface area contributed by atoms with Gasteiger partial charge >= 0.3 is 11.9 Å². The molecule has 3 aliphatic rings. The smallest absolute Gasteiger partial charge is 0.338 e. The van der Waals surface area contributed by atoms with Gasteiger partial charge in [0.2, 0.25) is 0 Å². The number of esters is 1. The predicted octanol–water partition coefficient (Wildman–Crippen LogP) is 6.86. The fourth-order valence-electron chi connectivity index (χ4n) is 6.38. The second kappa shape index (κ2) is 9.55. The maximum atomic E-state index is 13.0. The molecular formula is C31H37NO5. The summed E-state index contributed by atoms with van der Waals surface area (Å²) in [6, 6.07) is 5.81. The first-order chi connectivity index (χ1) is 17.6. The van der Waals surface area contributed by atoms with Crippen molar-refractivity contribution < 1.29 is 24.2 Å². The summed E-state index contributed by atoms with van der Waals surface area (Å²) < 4.78 is 13.4. The summed E-state index contributed by atoms with van der Waals surface area (Å²) in [6.45, 7) is 7.77. The summed E-state index contributed by atoms with van der Waals surface area (Å²) in [7, 11) is 1.65. The van der Waals surface area contributed by atoms with Crippen molar-refractivity contribution in [1.29, 1.82) is 0 Å². The first kappa shape index (κ1) is 25.4. The summed E-state index contributed by atoms with van der Waals surface area (Å²) in [5, 5.41) is 11.4. The van der Waals surface area contributed by atoms with Gasteiger partial charge in [-0.25, -0.2) is 9.59 Å². The molecule has 1 aromatic carbocycles. The molecule has 2 atom stereocenters. The molecule has 1 fully saturated rings. The Morgan fingerprint density at radius 2 is 1.81 bits per heavy atom. The number of aromatic nitrogens is 1. The van der Waals surface area contributed by atoms with Crippen molar-refractivity contribution in [3.05, 3.63) is 70.2 Å². The zero-order chi connectivity index (χ0) is 26.5. The van der Waals surface area contributed by atoms with Crippen LogP contribution < -0.4 is 0 Å². The van der Waals surface area contributed by atoms with E-state index in [9.17, 15) is 14.7 Å². The Balaban J connectivity index is 1.77. The summed E-state index contributed by atoms with van der Waals surface area (Å²) in [6.07, 6.45) is 12.1. The summed E-state index contributed by atoms with van der Waals surface area (Å²) in [5.74, 6) is -0.231. The van der Waals surface area contributed by atoms with Crippen molar-refractivity contribution in [2.24, 2.45) is 5.92 Å². The molecule has 2 unspecified atom stereocenters. The van der Waals surface area contributed by atoms with Gasteiger partial charge in [0.05, 0.1) is 24.8 Å². The molecule has 6 nitrogen and oxygen atoms in total. The monoisotopic (exact) mass is 503 g/mol. The van der Waals surface area contributed by atoms with E-state index in [-0.39, 0.29) is 24.3 Å². The van der Waals surface area contributed by atoms with Crippen LogP contribution in [0.25, 0.3) is 10.9 Å². The maximum Gasteiger partial charge on any atom is 0.338 e. The highest BCUT2D eigenvalue weighted by atomic mass is 16.6. The molecule has 0 bridgehead atoms. The van der Waals surface area contributed by atoms with Gasteiger partial charge in [0.25, 0.3) is 0 Å². The number of hydrogen-bond donors (Lipinski definition) is 1. The Hall–Kier alpha value is -3.28. The van der Waals surface area contributed by atoms with Crippen molar-refractivity contribution in [2.45, 2.75) is 83.8 Å². The molecule has 0 radical (unpaired) electrons. The van der Waals surface area contributed by atoms with Gasteiger partial charge in [-0.05, 0) is 76.3 Å². The quantitative estimate of drug-likeness (QED) is 0.461. The number of benzene rings is 1. The minimum absolute atomic E-state index is 0.00921. The number of carboxylic acids is 1. The number of hydrogen-bond acceptors (Lipinski definition) is 4. The van der Waals surface area contributed by atoms with E-state index in [0.29, 0.717) is 17.1 Å². The van der Waals surface area contributed by atoms with E-state index in [2.05, 4.69) is 22.8 Å². The van der Waals surface area contributed by atoms with Crippen molar-refractivity contribution in [3.63, 3.8) is 0 Å². The predicted molar refractivity (Wildman–Crippen MR) is 144 cm³/mol. The van der Waals surface area contributed by atoms with Gasteiger partial charge in [0, 0.05) is 28.4 Å². The zero-order valence-corrected chi connectivity index (χ0v) is 22.5. The number of allylic oxidation sites excluding steroid dienone is 4. The molecule has 0 saturated heterocycles. The Morgan fingerprint density at radius 3 is 2.46 bits per heavy atom. The molecule has 2 heterocycles. The van der Waals surface area contributed by atoms with Crippen LogP contribution in [0, 0.1) is 5.92 Å². The lowest BCUT2D eigenvalue weighted by atomic mass is 9.75. The second-order valence-electron chi connectivity index (χ2n) is 11.6. The Kier molecular flexibility index (Phi) is 6.55. The molecule has 1 saturated carbocycles. The lowest BCUT2D eigenvalue weighted by Crippen LogP contribution is -2.23. The number of fused-ring (bicyclic) bond motifs is 5. The Morgan fingerprint density at radius 1 is 1.08 bits per heavy atom.